The Bertz CT molecular complexity index is 626. The predicted molar refractivity (Wildman–Crippen MR) is 78.4 cm³/mol. The van der Waals surface area contributed by atoms with Gasteiger partial charge in [0.25, 0.3) is 0 Å². The summed E-state index contributed by atoms with van der Waals surface area (Å²) in [6.07, 6.45) is 0. The number of halogens is 3. The first-order chi connectivity index (χ1) is 8.91. The fourth-order valence-corrected chi connectivity index (χ4v) is 2.47. The lowest BCUT2D eigenvalue weighted by Crippen LogP contribution is -2.15. The average molecular weight is 298 g/mol. The second-order valence-electron chi connectivity index (χ2n) is 4.58. The molecule has 2 N–H and O–H groups in total. The third-order valence-electron chi connectivity index (χ3n) is 3.20. The first-order valence-corrected chi connectivity index (χ1v) is 6.63. The zero-order chi connectivity index (χ0) is 14.2. The summed E-state index contributed by atoms with van der Waals surface area (Å²) in [7, 11) is 0. The van der Waals surface area contributed by atoms with Crippen molar-refractivity contribution >= 4 is 23.2 Å². The number of hydrogen-bond donors (Lipinski definition) is 1. The summed E-state index contributed by atoms with van der Waals surface area (Å²) in [5, 5.41) is 0.760. The van der Waals surface area contributed by atoms with Crippen LogP contribution in [0, 0.1) is 19.7 Å². The van der Waals surface area contributed by atoms with Crippen LogP contribution in [-0.4, -0.2) is 0 Å². The topological polar surface area (TPSA) is 26.0 Å². The van der Waals surface area contributed by atoms with Crippen LogP contribution >= 0.6 is 23.2 Å². The van der Waals surface area contributed by atoms with E-state index in [0.29, 0.717) is 10.6 Å². The highest BCUT2D eigenvalue weighted by Crippen LogP contribution is 2.30. The molecule has 0 saturated heterocycles. The molecule has 1 unspecified atom stereocenters. The van der Waals surface area contributed by atoms with Gasteiger partial charge < -0.3 is 5.73 Å². The molecule has 0 fully saturated rings. The molecule has 0 heterocycles. The molecule has 0 aliphatic carbocycles. The molecule has 1 nitrogen and oxygen atoms in total. The molecule has 2 rings (SSSR count). The molecule has 0 aromatic heterocycles. The van der Waals surface area contributed by atoms with Crippen molar-refractivity contribution in [3.05, 3.63) is 68.4 Å². The summed E-state index contributed by atoms with van der Waals surface area (Å²) in [6, 6.07) is 8.02. The van der Waals surface area contributed by atoms with Crippen LogP contribution in [0.15, 0.2) is 30.3 Å². The van der Waals surface area contributed by atoms with Crippen LogP contribution in [0.5, 0.6) is 0 Å². The normalized spacial score (nSPS) is 12.5. The Labute approximate surface area is 122 Å². The Hall–Kier alpha value is -1.09. The van der Waals surface area contributed by atoms with E-state index in [1.807, 2.05) is 26.0 Å². The maximum absolute atomic E-state index is 14.0. The molecule has 0 radical (unpaired) electrons. The Morgan fingerprint density at radius 2 is 1.68 bits per heavy atom. The van der Waals surface area contributed by atoms with Crippen molar-refractivity contribution in [2.45, 2.75) is 19.9 Å². The molecule has 1 atom stereocenters. The maximum atomic E-state index is 14.0. The highest BCUT2D eigenvalue weighted by Gasteiger charge is 2.18. The lowest BCUT2D eigenvalue weighted by Gasteiger charge is -2.17. The van der Waals surface area contributed by atoms with Crippen LogP contribution in [0.1, 0.15) is 28.3 Å². The van der Waals surface area contributed by atoms with Crippen molar-refractivity contribution in [1.29, 1.82) is 0 Å². The average Bonchev–Trinajstić information content (AvgIpc) is 2.36. The SMILES string of the molecule is Cc1cc(C(N)c2cccc(Cl)c2F)c(C)cc1Cl. The van der Waals surface area contributed by atoms with Gasteiger partial charge in [0.2, 0.25) is 0 Å². The van der Waals surface area contributed by atoms with Crippen LogP contribution in [-0.2, 0) is 0 Å². The molecular weight excluding hydrogens is 284 g/mol. The number of benzene rings is 2. The van der Waals surface area contributed by atoms with Crippen LogP contribution in [0.4, 0.5) is 4.39 Å². The molecule has 2 aromatic carbocycles. The second kappa shape index (κ2) is 5.49. The molecule has 100 valence electrons. The van der Waals surface area contributed by atoms with E-state index in [-0.39, 0.29) is 5.02 Å². The Kier molecular flexibility index (Phi) is 4.14. The minimum atomic E-state index is -0.560. The van der Waals surface area contributed by atoms with Gasteiger partial charge in [0.15, 0.2) is 0 Å². The Morgan fingerprint density at radius 1 is 1.00 bits per heavy atom. The third-order valence-corrected chi connectivity index (χ3v) is 3.90. The minimum absolute atomic E-state index is 0.0799. The van der Waals surface area contributed by atoms with Gasteiger partial charge in [0, 0.05) is 10.6 Å². The summed E-state index contributed by atoms with van der Waals surface area (Å²) >= 11 is 11.8. The minimum Gasteiger partial charge on any atom is -0.320 e. The smallest absolute Gasteiger partial charge is 0.146 e. The van der Waals surface area contributed by atoms with Gasteiger partial charge in [0.05, 0.1) is 11.1 Å². The van der Waals surface area contributed by atoms with Crippen molar-refractivity contribution < 1.29 is 4.39 Å². The molecule has 2 aromatic rings. The summed E-state index contributed by atoms with van der Waals surface area (Å²) in [4.78, 5) is 0. The Balaban J connectivity index is 2.53. The molecule has 0 amide bonds. The van der Waals surface area contributed by atoms with E-state index >= 15 is 0 Å². The van der Waals surface area contributed by atoms with Gasteiger partial charge in [-0.3, -0.25) is 0 Å². The molecule has 19 heavy (non-hydrogen) atoms. The summed E-state index contributed by atoms with van der Waals surface area (Å²) in [6.45, 7) is 3.80. The first kappa shape index (κ1) is 14.3. The monoisotopic (exact) mass is 297 g/mol. The molecule has 0 aliphatic rings. The number of hydrogen-bond acceptors (Lipinski definition) is 1. The van der Waals surface area contributed by atoms with Crippen LogP contribution in [0.2, 0.25) is 10.0 Å². The number of nitrogens with two attached hydrogens (primary N) is 1. The third kappa shape index (κ3) is 2.76. The highest BCUT2D eigenvalue weighted by molar-refractivity contribution is 6.31. The Morgan fingerprint density at radius 3 is 2.37 bits per heavy atom. The van der Waals surface area contributed by atoms with Crippen molar-refractivity contribution in [3.8, 4) is 0 Å². The van der Waals surface area contributed by atoms with Crippen molar-refractivity contribution in [3.63, 3.8) is 0 Å². The molecule has 0 spiro atoms. The molecule has 0 saturated carbocycles. The van der Waals surface area contributed by atoms with Gasteiger partial charge >= 0.3 is 0 Å². The van der Waals surface area contributed by atoms with Gasteiger partial charge in [-0.05, 0) is 42.7 Å². The highest BCUT2D eigenvalue weighted by atomic mass is 35.5. The zero-order valence-corrected chi connectivity index (χ0v) is 12.2. The lowest BCUT2D eigenvalue weighted by atomic mass is 9.94. The molecule has 0 bridgehead atoms. The van der Waals surface area contributed by atoms with Crippen LogP contribution in [0.25, 0.3) is 0 Å². The van der Waals surface area contributed by atoms with Crippen LogP contribution < -0.4 is 5.73 Å². The first-order valence-electron chi connectivity index (χ1n) is 5.88. The van der Waals surface area contributed by atoms with Gasteiger partial charge in [-0.15, -0.1) is 0 Å². The summed E-state index contributed by atoms with van der Waals surface area (Å²) in [5.41, 5.74) is 9.25. The van der Waals surface area contributed by atoms with E-state index < -0.39 is 11.9 Å². The quantitative estimate of drug-likeness (QED) is 0.847. The van der Waals surface area contributed by atoms with E-state index in [2.05, 4.69) is 0 Å². The van der Waals surface area contributed by atoms with E-state index in [1.165, 1.54) is 6.07 Å². The van der Waals surface area contributed by atoms with Gasteiger partial charge in [-0.1, -0.05) is 41.4 Å². The van der Waals surface area contributed by atoms with E-state index in [0.717, 1.165) is 16.7 Å². The van der Waals surface area contributed by atoms with E-state index in [9.17, 15) is 4.39 Å². The van der Waals surface area contributed by atoms with Gasteiger partial charge in [-0.25, -0.2) is 4.39 Å². The lowest BCUT2D eigenvalue weighted by molar-refractivity contribution is 0.599. The second-order valence-corrected chi connectivity index (χ2v) is 5.39. The molecular formula is C15H14Cl2FN. The van der Waals surface area contributed by atoms with Crippen LogP contribution in [0.3, 0.4) is 0 Å². The number of aryl methyl sites for hydroxylation is 2. The largest absolute Gasteiger partial charge is 0.320 e. The summed E-state index contributed by atoms with van der Waals surface area (Å²) < 4.78 is 14.0. The fourth-order valence-electron chi connectivity index (χ4n) is 2.07. The predicted octanol–water partition coefficient (Wildman–Crippen LogP) is 4.80. The fraction of sp³-hybridized carbons (Fsp3) is 0.200. The van der Waals surface area contributed by atoms with Crippen molar-refractivity contribution in [2.24, 2.45) is 5.73 Å². The van der Waals surface area contributed by atoms with E-state index in [1.54, 1.807) is 12.1 Å². The maximum Gasteiger partial charge on any atom is 0.146 e. The van der Waals surface area contributed by atoms with E-state index in [4.69, 9.17) is 28.9 Å². The zero-order valence-electron chi connectivity index (χ0n) is 10.7. The van der Waals surface area contributed by atoms with Gasteiger partial charge in [-0.2, -0.15) is 0 Å². The van der Waals surface area contributed by atoms with Crippen molar-refractivity contribution in [1.82, 2.24) is 0 Å². The molecule has 0 aliphatic heterocycles. The number of rotatable bonds is 2. The van der Waals surface area contributed by atoms with Crippen molar-refractivity contribution in [2.75, 3.05) is 0 Å². The summed E-state index contributed by atoms with van der Waals surface area (Å²) in [5.74, 6) is -0.469. The van der Waals surface area contributed by atoms with Gasteiger partial charge in [0.1, 0.15) is 5.82 Å². The standard InChI is InChI=1S/C15H14Cl2FN/c1-8-7-13(17)9(2)6-11(8)15(19)10-4-3-5-12(16)14(10)18/h3-7,15H,19H2,1-2H3. The molecule has 4 heteroatoms.